The van der Waals surface area contributed by atoms with E-state index in [1.165, 1.54) is 154 Å². The Morgan fingerprint density at radius 2 is 0.792 bits per heavy atom. The zero-order valence-corrected chi connectivity index (χ0v) is 47.5. The smallest absolute Gasteiger partial charge is 0.306 e. The van der Waals surface area contributed by atoms with Crippen LogP contribution in [0, 0.1) is 0 Å². The van der Waals surface area contributed by atoms with Crippen molar-refractivity contribution in [3.63, 3.8) is 0 Å². The minimum Gasteiger partial charge on any atom is -0.545 e. The molecule has 0 aliphatic heterocycles. The summed E-state index contributed by atoms with van der Waals surface area (Å²) in [6, 6.07) is 0. The number of allylic oxidation sites excluding steroid dienone is 10. The highest BCUT2D eigenvalue weighted by Gasteiger charge is 2.22. The molecule has 0 aliphatic carbocycles. The molecule has 0 saturated carbocycles. The zero-order valence-electron chi connectivity index (χ0n) is 47.5. The molecule has 0 fully saturated rings. The predicted molar refractivity (Wildman–Crippen MR) is 302 cm³/mol. The third-order valence-corrected chi connectivity index (χ3v) is 13.0. The molecule has 418 valence electrons. The van der Waals surface area contributed by atoms with E-state index in [1.807, 2.05) is 21.1 Å². The van der Waals surface area contributed by atoms with E-state index in [2.05, 4.69) is 74.6 Å². The molecule has 0 radical (unpaired) electrons. The van der Waals surface area contributed by atoms with Crippen LogP contribution in [0.4, 0.5) is 0 Å². The van der Waals surface area contributed by atoms with Crippen molar-refractivity contribution in [3.8, 4) is 0 Å². The molecule has 0 aromatic carbocycles. The average Bonchev–Trinajstić information content (AvgIpc) is 3.35. The SMILES string of the molecule is CC/C=C\C/C=C\C/C=C\C/C=C\C/C=C\CCCCCCCCCCCC(=O)OC(COC(=O)CCCCCCCCCCCCCCCCCCCCCCCC)COC(OCC[N+](C)(C)C)C(=O)[O-]. The number of carbonyl (C=O) groups is 3. The largest absolute Gasteiger partial charge is 0.545 e. The topological polar surface area (TPSA) is 111 Å². The summed E-state index contributed by atoms with van der Waals surface area (Å²) in [6.45, 7) is 4.66. The maximum absolute atomic E-state index is 12.9. The molecule has 0 spiro atoms. The highest BCUT2D eigenvalue weighted by Crippen LogP contribution is 2.17. The van der Waals surface area contributed by atoms with E-state index in [1.54, 1.807) is 0 Å². The van der Waals surface area contributed by atoms with E-state index >= 15 is 0 Å². The van der Waals surface area contributed by atoms with Gasteiger partial charge in [-0.1, -0.05) is 254 Å². The van der Waals surface area contributed by atoms with Crippen molar-refractivity contribution in [2.24, 2.45) is 0 Å². The number of nitrogens with zero attached hydrogens (tertiary/aromatic N) is 1. The van der Waals surface area contributed by atoms with Crippen LogP contribution in [0.5, 0.6) is 0 Å². The van der Waals surface area contributed by atoms with Crippen LogP contribution in [0.15, 0.2) is 60.8 Å². The first-order valence-corrected chi connectivity index (χ1v) is 29.9. The second-order valence-corrected chi connectivity index (χ2v) is 21.3. The number of unbranched alkanes of at least 4 members (excludes halogenated alkanes) is 30. The normalized spacial score (nSPS) is 13.2. The number of aliphatic carboxylic acids is 1. The quantitative estimate of drug-likeness (QED) is 0.0195. The van der Waals surface area contributed by atoms with E-state index in [0.29, 0.717) is 23.9 Å². The van der Waals surface area contributed by atoms with Gasteiger partial charge in [0.15, 0.2) is 12.4 Å². The van der Waals surface area contributed by atoms with Crippen molar-refractivity contribution >= 4 is 17.9 Å². The highest BCUT2D eigenvalue weighted by atomic mass is 16.7. The Kier molecular flexibility index (Phi) is 52.0. The third-order valence-electron chi connectivity index (χ3n) is 13.0. The van der Waals surface area contributed by atoms with Gasteiger partial charge < -0.3 is 33.3 Å². The van der Waals surface area contributed by atoms with Gasteiger partial charge in [0.05, 0.1) is 40.3 Å². The molecule has 9 nitrogen and oxygen atoms in total. The lowest BCUT2D eigenvalue weighted by atomic mass is 10.0. The standard InChI is InChI=1S/C63H113NO8/c1-6-8-10-12-14-16-18-20-22-24-26-28-30-31-32-34-36-38-40-42-44-46-48-50-52-54-61(66)72-59(58-71-63(62(67)68)69-56-55-64(3,4)5)57-70-60(65)53-51-49-47-45-43-41-39-37-35-33-29-27-25-23-21-19-17-15-13-11-9-7-2/h8,10,14,16,20,22,26,28,31-32,59,63H,6-7,9,11-13,15,17-19,21,23-25,27,29-30,33-58H2,1-5H3/b10-8-,16-14-,22-20-,28-26-,32-31-. The van der Waals surface area contributed by atoms with Gasteiger partial charge in [-0.3, -0.25) is 9.59 Å². The minimum absolute atomic E-state index is 0.146. The Hall–Kier alpha value is -3.01. The monoisotopic (exact) mass is 1010 g/mol. The highest BCUT2D eigenvalue weighted by molar-refractivity contribution is 5.70. The second kappa shape index (κ2) is 54.3. The van der Waals surface area contributed by atoms with Gasteiger partial charge in [-0.15, -0.1) is 0 Å². The van der Waals surface area contributed by atoms with Gasteiger partial charge in [0, 0.05) is 12.8 Å². The zero-order chi connectivity index (χ0) is 52.7. The van der Waals surface area contributed by atoms with Crippen LogP contribution in [0.1, 0.15) is 264 Å². The molecular weight excluding hydrogens is 899 g/mol. The number of rotatable bonds is 55. The summed E-state index contributed by atoms with van der Waals surface area (Å²) in [6.07, 6.45) is 65.5. The van der Waals surface area contributed by atoms with Crippen molar-refractivity contribution in [1.82, 2.24) is 0 Å². The summed E-state index contributed by atoms with van der Waals surface area (Å²) >= 11 is 0. The van der Waals surface area contributed by atoms with Crippen LogP contribution < -0.4 is 5.11 Å². The van der Waals surface area contributed by atoms with E-state index in [9.17, 15) is 19.5 Å². The second-order valence-electron chi connectivity index (χ2n) is 21.3. The van der Waals surface area contributed by atoms with Crippen LogP contribution in [0.25, 0.3) is 0 Å². The molecule has 0 aromatic heterocycles. The van der Waals surface area contributed by atoms with Gasteiger partial charge in [0.1, 0.15) is 13.2 Å². The van der Waals surface area contributed by atoms with E-state index in [0.717, 1.165) is 77.0 Å². The molecule has 0 aliphatic rings. The number of hydrogen-bond donors (Lipinski definition) is 0. The molecule has 0 bridgehead atoms. The van der Waals surface area contributed by atoms with Crippen LogP contribution >= 0.6 is 0 Å². The summed E-state index contributed by atoms with van der Waals surface area (Å²) in [5.41, 5.74) is 0. The first kappa shape index (κ1) is 69.0. The lowest BCUT2D eigenvalue weighted by Gasteiger charge is -2.26. The van der Waals surface area contributed by atoms with Crippen molar-refractivity contribution in [3.05, 3.63) is 60.8 Å². The lowest BCUT2D eigenvalue weighted by Crippen LogP contribution is -2.44. The van der Waals surface area contributed by atoms with E-state index in [-0.39, 0.29) is 32.2 Å². The van der Waals surface area contributed by atoms with Gasteiger partial charge in [-0.05, 0) is 57.8 Å². The maximum atomic E-state index is 12.9. The number of carboxylic acids is 1. The van der Waals surface area contributed by atoms with Crippen LogP contribution in [-0.2, 0) is 33.3 Å². The molecule has 0 amide bonds. The summed E-state index contributed by atoms with van der Waals surface area (Å²) in [5.74, 6) is -2.28. The van der Waals surface area contributed by atoms with E-state index in [4.69, 9.17) is 18.9 Å². The van der Waals surface area contributed by atoms with Gasteiger partial charge in [-0.2, -0.15) is 0 Å². The molecule has 2 atom stereocenters. The van der Waals surface area contributed by atoms with Crippen LogP contribution in [0.2, 0.25) is 0 Å². The number of carbonyl (C=O) groups excluding carboxylic acids is 3. The lowest BCUT2D eigenvalue weighted by molar-refractivity contribution is -0.870. The van der Waals surface area contributed by atoms with Gasteiger partial charge in [0.25, 0.3) is 0 Å². The molecular formula is C63H113NO8. The molecule has 0 saturated heterocycles. The summed E-state index contributed by atoms with van der Waals surface area (Å²) < 4.78 is 22.7. The maximum Gasteiger partial charge on any atom is 0.306 e. The minimum atomic E-state index is -1.62. The van der Waals surface area contributed by atoms with Gasteiger partial charge >= 0.3 is 11.9 Å². The van der Waals surface area contributed by atoms with Crippen molar-refractivity contribution < 1.29 is 42.9 Å². The number of hydrogen-bond acceptors (Lipinski definition) is 8. The van der Waals surface area contributed by atoms with Crippen molar-refractivity contribution in [2.75, 3.05) is 47.5 Å². The Balaban J connectivity index is 4.23. The molecule has 0 heterocycles. The van der Waals surface area contributed by atoms with Gasteiger partial charge in [0.2, 0.25) is 0 Å². The number of carboxylic acid groups (broad SMARTS) is 1. The molecule has 0 rings (SSSR count). The molecule has 9 heteroatoms. The van der Waals surface area contributed by atoms with Crippen molar-refractivity contribution in [2.45, 2.75) is 277 Å². The Labute approximate surface area is 444 Å². The number of ether oxygens (including phenoxy) is 4. The van der Waals surface area contributed by atoms with Crippen LogP contribution in [-0.4, -0.2) is 82.3 Å². The Bertz CT molecular complexity index is 1360. The number of esters is 2. The Morgan fingerprint density at radius 3 is 1.18 bits per heavy atom. The third kappa shape index (κ3) is 54.8. The Morgan fingerprint density at radius 1 is 0.431 bits per heavy atom. The molecule has 0 aromatic rings. The molecule has 0 N–H and O–H groups in total. The fourth-order valence-corrected chi connectivity index (χ4v) is 8.45. The summed E-state index contributed by atoms with van der Waals surface area (Å²) in [7, 11) is 5.92. The fraction of sp³-hybridized carbons (Fsp3) is 0.794. The number of likely N-dealkylation sites (N-methyl/N-ethyl adjacent to an activating group) is 1. The summed E-state index contributed by atoms with van der Waals surface area (Å²) in [4.78, 5) is 37.3. The predicted octanol–water partition coefficient (Wildman–Crippen LogP) is 16.3. The first-order chi connectivity index (χ1) is 35.1. The number of quaternary nitrogens is 1. The summed E-state index contributed by atoms with van der Waals surface area (Å²) in [5, 5.41) is 11.8. The fourth-order valence-electron chi connectivity index (χ4n) is 8.45. The van der Waals surface area contributed by atoms with Gasteiger partial charge in [-0.25, -0.2) is 0 Å². The first-order valence-electron chi connectivity index (χ1n) is 29.9. The van der Waals surface area contributed by atoms with Crippen LogP contribution in [0.3, 0.4) is 0 Å². The van der Waals surface area contributed by atoms with E-state index < -0.39 is 24.3 Å². The average molecular weight is 1010 g/mol. The molecule has 2 unspecified atom stereocenters. The molecule has 72 heavy (non-hydrogen) atoms. The van der Waals surface area contributed by atoms with Crippen molar-refractivity contribution in [1.29, 1.82) is 0 Å².